The van der Waals surface area contributed by atoms with Gasteiger partial charge in [0.1, 0.15) is 12.6 Å². The number of sulfonamides is 1. The fourth-order valence-corrected chi connectivity index (χ4v) is 4.53. The van der Waals surface area contributed by atoms with Crippen LogP contribution in [0.5, 0.6) is 0 Å². The number of aryl methyl sites for hydroxylation is 1. The SMILES string of the molecule is CC[C@@H](C(=O)NCC(C)C)N(Cc1ccccc1C)C(=O)CN(c1cccc([N+](=O)[O-])c1)S(C)(=O)=O. The van der Waals surface area contributed by atoms with Crippen molar-refractivity contribution in [3.8, 4) is 0 Å². The molecule has 0 aromatic heterocycles. The minimum atomic E-state index is -3.98. The second-order valence-corrected chi connectivity index (χ2v) is 11.0. The summed E-state index contributed by atoms with van der Waals surface area (Å²) in [5.41, 5.74) is 1.44. The van der Waals surface area contributed by atoms with Crippen LogP contribution in [0.25, 0.3) is 0 Å². The van der Waals surface area contributed by atoms with Gasteiger partial charge in [-0.2, -0.15) is 0 Å². The average molecular weight is 519 g/mol. The van der Waals surface area contributed by atoms with Crippen LogP contribution in [0.3, 0.4) is 0 Å². The minimum Gasteiger partial charge on any atom is -0.354 e. The standard InChI is InChI=1S/C25H34N4O6S/c1-6-23(25(31)26-15-18(2)3)27(16-20-11-8-7-10-19(20)4)24(30)17-28(36(5,34)35)21-12-9-13-22(14-21)29(32)33/h7-14,18,23H,6,15-17H2,1-5H3,(H,26,31)/t23-/m0/s1. The number of carbonyl (C=O) groups excluding carboxylic acids is 2. The van der Waals surface area contributed by atoms with Gasteiger partial charge in [-0.05, 0) is 36.5 Å². The largest absolute Gasteiger partial charge is 0.354 e. The van der Waals surface area contributed by atoms with Crippen molar-refractivity contribution in [2.45, 2.75) is 46.7 Å². The van der Waals surface area contributed by atoms with Crippen LogP contribution in [0.15, 0.2) is 48.5 Å². The molecule has 11 heteroatoms. The highest BCUT2D eigenvalue weighted by molar-refractivity contribution is 7.92. The van der Waals surface area contributed by atoms with E-state index in [2.05, 4.69) is 5.32 Å². The molecule has 1 N–H and O–H groups in total. The molecule has 36 heavy (non-hydrogen) atoms. The molecule has 2 amide bonds. The molecule has 0 spiro atoms. The molecule has 0 heterocycles. The van der Waals surface area contributed by atoms with Crippen molar-refractivity contribution in [3.63, 3.8) is 0 Å². The number of non-ortho nitro benzene ring substituents is 1. The molecule has 0 fully saturated rings. The summed E-state index contributed by atoms with van der Waals surface area (Å²) in [6.07, 6.45) is 1.24. The van der Waals surface area contributed by atoms with Gasteiger partial charge in [-0.3, -0.25) is 24.0 Å². The molecule has 10 nitrogen and oxygen atoms in total. The van der Waals surface area contributed by atoms with Gasteiger partial charge in [0.15, 0.2) is 0 Å². The van der Waals surface area contributed by atoms with E-state index in [0.29, 0.717) is 13.0 Å². The van der Waals surface area contributed by atoms with Gasteiger partial charge < -0.3 is 10.2 Å². The molecule has 0 unspecified atom stereocenters. The summed E-state index contributed by atoms with van der Waals surface area (Å²) in [6.45, 7) is 7.52. The van der Waals surface area contributed by atoms with Crippen LogP contribution in [0.4, 0.5) is 11.4 Å². The van der Waals surface area contributed by atoms with Crippen LogP contribution in [0.2, 0.25) is 0 Å². The molecular weight excluding hydrogens is 484 g/mol. The Labute approximate surface area is 212 Å². The Morgan fingerprint density at radius 3 is 2.33 bits per heavy atom. The first kappa shape index (κ1) is 28.8. The lowest BCUT2D eigenvalue weighted by molar-refractivity contribution is -0.384. The van der Waals surface area contributed by atoms with E-state index in [1.165, 1.54) is 23.1 Å². The van der Waals surface area contributed by atoms with Crippen LogP contribution >= 0.6 is 0 Å². The number of hydrogen-bond donors (Lipinski definition) is 1. The Morgan fingerprint density at radius 2 is 1.78 bits per heavy atom. The molecule has 2 aromatic carbocycles. The molecule has 0 saturated carbocycles. The maximum absolute atomic E-state index is 13.7. The van der Waals surface area contributed by atoms with Crippen molar-refractivity contribution in [1.29, 1.82) is 0 Å². The number of nitrogens with one attached hydrogen (secondary N) is 1. The number of carbonyl (C=O) groups is 2. The Morgan fingerprint density at radius 1 is 1.11 bits per heavy atom. The quantitative estimate of drug-likeness (QED) is 0.339. The van der Waals surface area contributed by atoms with E-state index in [1.54, 1.807) is 6.92 Å². The Balaban J connectivity index is 2.47. The maximum atomic E-state index is 13.7. The summed E-state index contributed by atoms with van der Waals surface area (Å²) in [5.74, 6) is -0.710. The van der Waals surface area contributed by atoms with E-state index < -0.39 is 33.4 Å². The summed E-state index contributed by atoms with van der Waals surface area (Å²) >= 11 is 0. The molecule has 2 rings (SSSR count). The monoisotopic (exact) mass is 518 g/mol. The van der Waals surface area contributed by atoms with Crippen LogP contribution in [-0.2, 0) is 26.2 Å². The van der Waals surface area contributed by atoms with Crippen LogP contribution in [0.1, 0.15) is 38.3 Å². The van der Waals surface area contributed by atoms with Crippen molar-refractivity contribution in [2.24, 2.45) is 5.92 Å². The summed E-state index contributed by atoms with van der Waals surface area (Å²) in [5, 5.41) is 14.1. The van der Waals surface area contributed by atoms with Gasteiger partial charge in [0.25, 0.3) is 5.69 Å². The fourth-order valence-electron chi connectivity index (χ4n) is 3.69. The number of anilines is 1. The Hall–Kier alpha value is -3.47. The molecule has 196 valence electrons. The highest BCUT2D eigenvalue weighted by Gasteiger charge is 2.32. The molecule has 0 bridgehead atoms. The molecule has 0 aliphatic carbocycles. The zero-order chi connectivity index (χ0) is 27.0. The van der Waals surface area contributed by atoms with Crippen molar-refractivity contribution < 1.29 is 22.9 Å². The van der Waals surface area contributed by atoms with Crippen molar-refractivity contribution in [1.82, 2.24) is 10.2 Å². The van der Waals surface area contributed by atoms with E-state index in [9.17, 15) is 28.1 Å². The Kier molecular flexibility index (Phi) is 9.97. The number of nitro benzene ring substituents is 1. The van der Waals surface area contributed by atoms with E-state index in [4.69, 9.17) is 0 Å². The molecule has 0 radical (unpaired) electrons. The van der Waals surface area contributed by atoms with Gasteiger partial charge in [0, 0.05) is 25.2 Å². The zero-order valence-corrected chi connectivity index (χ0v) is 22.1. The molecule has 0 aliphatic rings. The second-order valence-electron chi connectivity index (χ2n) is 9.06. The zero-order valence-electron chi connectivity index (χ0n) is 21.3. The van der Waals surface area contributed by atoms with Gasteiger partial charge in [-0.1, -0.05) is 51.1 Å². The average Bonchev–Trinajstić information content (AvgIpc) is 2.81. The first-order valence-corrected chi connectivity index (χ1v) is 13.5. The smallest absolute Gasteiger partial charge is 0.271 e. The van der Waals surface area contributed by atoms with Crippen LogP contribution in [-0.4, -0.2) is 55.4 Å². The van der Waals surface area contributed by atoms with E-state index >= 15 is 0 Å². The molecule has 1 atom stereocenters. The molecule has 0 aliphatic heterocycles. The number of rotatable bonds is 12. The lowest BCUT2D eigenvalue weighted by atomic mass is 10.1. The number of hydrogen-bond acceptors (Lipinski definition) is 6. The normalized spacial score (nSPS) is 12.2. The van der Waals surface area contributed by atoms with Crippen molar-refractivity contribution >= 4 is 33.2 Å². The van der Waals surface area contributed by atoms with Crippen molar-refractivity contribution in [2.75, 3.05) is 23.7 Å². The molecule has 0 saturated heterocycles. The number of benzene rings is 2. The van der Waals surface area contributed by atoms with Gasteiger partial charge in [0.05, 0.1) is 16.9 Å². The van der Waals surface area contributed by atoms with Crippen molar-refractivity contribution in [3.05, 3.63) is 69.8 Å². The Bertz CT molecular complexity index is 1200. The maximum Gasteiger partial charge on any atom is 0.271 e. The fraction of sp³-hybridized carbons (Fsp3) is 0.440. The highest BCUT2D eigenvalue weighted by atomic mass is 32.2. The minimum absolute atomic E-state index is 0.00630. The predicted molar refractivity (Wildman–Crippen MR) is 139 cm³/mol. The van der Waals surface area contributed by atoms with Gasteiger partial charge in [0.2, 0.25) is 21.8 Å². The number of nitro groups is 1. The van der Waals surface area contributed by atoms with E-state index in [0.717, 1.165) is 27.8 Å². The number of nitrogens with zero attached hydrogens (tertiary/aromatic N) is 3. The summed E-state index contributed by atoms with van der Waals surface area (Å²) in [4.78, 5) is 38.7. The topological polar surface area (TPSA) is 130 Å². The van der Waals surface area contributed by atoms with Gasteiger partial charge in [-0.25, -0.2) is 8.42 Å². The first-order valence-electron chi connectivity index (χ1n) is 11.7. The highest BCUT2D eigenvalue weighted by Crippen LogP contribution is 2.24. The summed E-state index contributed by atoms with van der Waals surface area (Å²) in [6, 6.07) is 11.7. The molecular formula is C25H34N4O6S. The number of amides is 2. The molecule has 2 aromatic rings. The third-order valence-corrected chi connectivity index (χ3v) is 6.82. The third-order valence-electron chi connectivity index (χ3n) is 5.68. The lowest BCUT2D eigenvalue weighted by Gasteiger charge is -2.33. The summed E-state index contributed by atoms with van der Waals surface area (Å²) in [7, 11) is -3.98. The summed E-state index contributed by atoms with van der Waals surface area (Å²) < 4.78 is 26.1. The van der Waals surface area contributed by atoms with Gasteiger partial charge in [-0.15, -0.1) is 0 Å². The van der Waals surface area contributed by atoms with Crippen LogP contribution < -0.4 is 9.62 Å². The lowest BCUT2D eigenvalue weighted by Crippen LogP contribution is -2.52. The van der Waals surface area contributed by atoms with E-state index in [1.807, 2.05) is 45.0 Å². The third kappa shape index (κ3) is 7.77. The predicted octanol–water partition coefficient (Wildman–Crippen LogP) is 3.25. The van der Waals surface area contributed by atoms with Gasteiger partial charge >= 0.3 is 0 Å². The second kappa shape index (κ2) is 12.5. The van der Waals surface area contributed by atoms with Crippen LogP contribution in [0, 0.1) is 23.0 Å². The van der Waals surface area contributed by atoms with E-state index in [-0.39, 0.29) is 29.7 Å². The first-order chi connectivity index (χ1) is 16.8.